The quantitative estimate of drug-likeness (QED) is 0.266. The van der Waals surface area contributed by atoms with Crippen molar-refractivity contribution in [2.45, 2.75) is 45.1 Å². The first-order valence-electron chi connectivity index (χ1n) is 9.51. The lowest BCUT2D eigenvalue weighted by molar-refractivity contribution is -0.122. The van der Waals surface area contributed by atoms with Gasteiger partial charge in [-0.3, -0.25) is 9.79 Å². The molecular formula is C20H32FIN4O. The minimum atomic E-state index is -0.237. The first-order chi connectivity index (χ1) is 12.6. The lowest BCUT2D eigenvalue weighted by Gasteiger charge is -2.23. The van der Waals surface area contributed by atoms with E-state index in [-0.39, 0.29) is 35.7 Å². The molecule has 2 rings (SSSR count). The van der Waals surface area contributed by atoms with Crippen LogP contribution in [0, 0.1) is 11.7 Å². The molecule has 152 valence electrons. The summed E-state index contributed by atoms with van der Waals surface area (Å²) in [5.41, 5.74) is 0.885. The summed E-state index contributed by atoms with van der Waals surface area (Å²) in [7, 11) is 3.62. The number of nitrogens with zero attached hydrogens (tertiary/aromatic N) is 2. The Morgan fingerprint density at radius 1 is 1.22 bits per heavy atom. The molecule has 2 N–H and O–H groups in total. The third-order valence-corrected chi connectivity index (χ3v) is 4.81. The summed E-state index contributed by atoms with van der Waals surface area (Å²) >= 11 is 0. The van der Waals surface area contributed by atoms with Crippen LogP contribution in [-0.2, 0) is 11.3 Å². The van der Waals surface area contributed by atoms with Crippen LogP contribution in [0.2, 0.25) is 0 Å². The molecule has 1 aliphatic rings. The molecule has 0 aliphatic heterocycles. The van der Waals surface area contributed by atoms with Crippen LogP contribution in [0.25, 0.3) is 0 Å². The fourth-order valence-electron chi connectivity index (χ4n) is 3.47. The Bertz CT molecular complexity index is 605. The van der Waals surface area contributed by atoms with Crippen molar-refractivity contribution in [3.8, 4) is 0 Å². The van der Waals surface area contributed by atoms with Crippen molar-refractivity contribution in [1.29, 1.82) is 0 Å². The van der Waals surface area contributed by atoms with Crippen molar-refractivity contribution in [2.24, 2.45) is 10.9 Å². The van der Waals surface area contributed by atoms with Crippen molar-refractivity contribution in [2.75, 3.05) is 27.2 Å². The smallest absolute Gasteiger partial charge is 0.220 e. The van der Waals surface area contributed by atoms with E-state index in [0.29, 0.717) is 32.0 Å². The number of carbonyl (C=O) groups is 1. The maximum absolute atomic E-state index is 13.3. The number of hydrogen-bond donors (Lipinski definition) is 2. The van der Waals surface area contributed by atoms with E-state index in [9.17, 15) is 9.18 Å². The lowest BCUT2D eigenvalue weighted by atomic mass is 9.87. The summed E-state index contributed by atoms with van der Waals surface area (Å²) in [5, 5.41) is 6.21. The number of hydrogen-bond acceptors (Lipinski definition) is 2. The van der Waals surface area contributed by atoms with E-state index in [1.54, 1.807) is 13.1 Å². The minimum Gasteiger partial charge on any atom is -0.354 e. The number of carbonyl (C=O) groups excluding carboxylic acids is 1. The topological polar surface area (TPSA) is 56.7 Å². The Morgan fingerprint density at radius 2 is 1.93 bits per heavy atom. The highest BCUT2D eigenvalue weighted by Crippen LogP contribution is 2.25. The van der Waals surface area contributed by atoms with Crippen LogP contribution in [0.5, 0.6) is 0 Å². The molecule has 7 heteroatoms. The SMILES string of the molecule is CN=C(NCCNC(=O)CC1CCCCC1)N(C)Cc1cccc(F)c1.I. The van der Waals surface area contributed by atoms with Gasteiger partial charge in [-0.05, 0) is 36.5 Å². The second kappa shape index (κ2) is 12.9. The third kappa shape index (κ3) is 8.90. The molecule has 1 aromatic carbocycles. The van der Waals surface area contributed by atoms with Crippen LogP contribution in [0.4, 0.5) is 4.39 Å². The first kappa shape index (κ1) is 23.7. The van der Waals surface area contributed by atoms with Gasteiger partial charge in [-0.1, -0.05) is 31.4 Å². The van der Waals surface area contributed by atoms with Gasteiger partial charge in [-0.2, -0.15) is 0 Å². The molecule has 0 saturated heterocycles. The predicted molar refractivity (Wildman–Crippen MR) is 119 cm³/mol. The maximum Gasteiger partial charge on any atom is 0.220 e. The summed E-state index contributed by atoms with van der Waals surface area (Å²) in [6.07, 6.45) is 6.84. The fraction of sp³-hybridized carbons (Fsp3) is 0.600. The van der Waals surface area contributed by atoms with E-state index in [2.05, 4.69) is 15.6 Å². The van der Waals surface area contributed by atoms with Gasteiger partial charge in [-0.25, -0.2) is 4.39 Å². The van der Waals surface area contributed by atoms with Gasteiger partial charge in [0.2, 0.25) is 5.91 Å². The van der Waals surface area contributed by atoms with E-state index in [4.69, 9.17) is 0 Å². The van der Waals surface area contributed by atoms with Gasteiger partial charge in [0.15, 0.2) is 5.96 Å². The Morgan fingerprint density at radius 3 is 2.59 bits per heavy atom. The Labute approximate surface area is 179 Å². The summed E-state index contributed by atoms with van der Waals surface area (Å²) in [4.78, 5) is 18.2. The van der Waals surface area contributed by atoms with Gasteiger partial charge in [0.1, 0.15) is 5.82 Å². The van der Waals surface area contributed by atoms with Crippen LogP contribution in [0.3, 0.4) is 0 Å². The minimum absolute atomic E-state index is 0. The van der Waals surface area contributed by atoms with Crippen LogP contribution in [0.1, 0.15) is 44.1 Å². The largest absolute Gasteiger partial charge is 0.354 e. The molecule has 1 aromatic rings. The van der Waals surface area contributed by atoms with Crippen molar-refractivity contribution in [1.82, 2.24) is 15.5 Å². The molecular weight excluding hydrogens is 458 g/mol. The predicted octanol–water partition coefficient (Wildman–Crippen LogP) is 3.54. The molecule has 1 amide bonds. The zero-order valence-corrected chi connectivity index (χ0v) is 18.7. The summed E-state index contributed by atoms with van der Waals surface area (Å²) in [5.74, 6) is 1.18. The second-order valence-electron chi connectivity index (χ2n) is 7.02. The Kier molecular flexibility index (Phi) is 11.3. The molecule has 1 aliphatic carbocycles. The number of benzene rings is 1. The Balaban J connectivity index is 0.00000364. The van der Waals surface area contributed by atoms with Crippen LogP contribution in [0.15, 0.2) is 29.3 Å². The van der Waals surface area contributed by atoms with Gasteiger partial charge in [-0.15, -0.1) is 24.0 Å². The highest BCUT2D eigenvalue weighted by atomic mass is 127. The lowest BCUT2D eigenvalue weighted by Crippen LogP contribution is -2.42. The van der Waals surface area contributed by atoms with Gasteiger partial charge >= 0.3 is 0 Å². The molecule has 0 spiro atoms. The number of nitrogens with one attached hydrogen (secondary N) is 2. The fourth-order valence-corrected chi connectivity index (χ4v) is 3.47. The highest BCUT2D eigenvalue weighted by Gasteiger charge is 2.16. The number of aliphatic imine (C=N–C) groups is 1. The van der Waals surface area contributed by atoms with E-state index in [1.807, 2.05) is 18.0 Å². The molecule has 0 heterocycles. The molecule has 1 fully saturated rings. The monoisotopic (exact) mass is 490 g/mol. The zero-order chi connectivity index (χ0) is 18.8. The number of rotatable bonds is 7. The van der Waals surface area contributed by atoms with Gasteiger partial charge in [0, 0.05) is 40.2 Å². The van der Waals surface area contributed by atoms with E-state index in [1.165, 1.54) is 44.2 Å². The van der Waals surface area contributed by atoms with Gasteiger partial charge < -0.3 is 15.5 Å². The standard InChI is InChI=1S/C20H31FN4O.HI/c1-22-20(25(2)15-17-9-6-10-18(21)13-17)24-12-11-23-19(26)14-16-7-4-3-5-8-16;/h6,9-10,13,16H,3-5,7-8,11-12,14-15H2,1-2H3,(H,22,24)(H,23,26);1H. The van der Waals surface area contributed by atoms with Crippen LogP contribution < -0.4 is 10.6 Å². The number of halogens is 2. The molecule has 0 radical (unpaired) electrons. The molecule has 0 aromatic heterocycles. The zero-order valence-electron chi connectivity index (χ0n) is 16.3. The normalized spacial score (nSPS) is 15.0. The van der Waals surface area contributed by atoms with Crippen molar-refractivity contribution in [3.63, 3.8) is 0 Å². The summed E-state index contributed by atoms with van der Waals surface area (Å²) < 4.78 is 13.3. The second-order valence-corrected chi connectivity index (χ2v) is 7.02. The third-order valence-electron chi connectivity index (χ3n) is 4.81. The Hall–Kier alpha value is -1.38. The molecule has 0 unspecified atom stereocenters. The maximum atomic E-state index is 13.3. The molecule has 0 bridgehead atoms. The number of guanidine groups is 1. The highest BCUT2D eigenvalue weighted by molar-refractivity contribution is 14.0. The van der Waals surface area contributed by atoms with Crippen LogP contribution >= 0.6 is 24.0 Å². The van der Waals surface area contributed by atoms with Gasteiger partial charge in [0.25, 0.3) is 0 Å². The average Bonchev–Trinajstić information content (AvgIpc) is 2.62. The number of amides is 1. The summed E-state index contributed by atoms with van der Waals surface area (Å²) in [6.45, 7) is 1.74. The van der Waals surface area contributed by atoms with Crippen molar-refractivity contribution < 1.29 is 9.18 Å². The molecule has 27 heavy (non-hydrogen) atoms. The summed E-state index contributed by atoms with van der Waals surface area (Å²) in [6, 6.07) is 6.55. The van der Waals surface area contributed by atoms with E-state index >= 15 is 0 Å². The van der Waals surface area contributed by atoms with E-state index in [0.717, 1.165) is 11.5 Å². The van der Waals surface area contributed by atoms with Gasteiger partial charge in [0.05, 0.1) is 0 Å². The first-order valence-corrected chi connectivity index (χ1v) is 9.51. The van der Waals surface area contributed by atoms with Crippen molar-refractivity contribution in [3.05, 3.63) is 35.6 Å². The molecule has 0 atom stereocenters. The molecule has 5 nitrogen and oxygen atoms in total. The van der Waals surface area contributed by atoms with Crippen LogP contribution in [-0.4, -0.2) is 44.0 Å². The van der Waals surface area contributed by atoms with E-state index < -0.39 is 0 Å². The average molecular weight is 490 g/mol. The molecule has 1 saturated carbocycles. The van der Waals surface area contributed by atoms with Crippen molar-refractivity contribution >= 4 is 35.8 Å².